The average Bonchev–Trinajstić information content (AvgIpc) is 2.87. The highest BCUT2D eigenvalue weighted by Crippen LogP contribution is 2.22. The van der Waals surface area contributed by atoms with Crippen molar-refractivity contribution < 1.29 is 9.59 Å². The van der Waals surface area contributed by atoms with Crippen LogP contribution >= 0.6 is 0 Å². The van der Waals surface area contributed by atoms with Crippen LogP contribution in [0.25, 0.3) is 0 Å². The highest BCUT2D eigenvalue weighted by atomic mass is 16.2. The first-order chi connectivity index (χ1) is 8.63. The van der Waals surface area contributed by atoms with Gasteiger partial charge < -0.3 is 10.2 Å². The van der Waals surface area contributed by atoms with Crippen molar-refractivity contribution in [2.75, 3.05) is 6.54 Å². The molecule has 1 fully saturated rings. The normalized spacial score (nSPS) is 28.3. The van der Waals surface area contributed by atoms with Crippen molar-refractivity contribution in [2.45, 2.75) is 58.0 Å². The maximum absolute atomic E-state index is 12.2. The molecule has 0 saturated carbocycles. The Morgan fingerprint density at radius 3 is 2.83 bits per heavy atom. The molecule has 1 heterocycles. The zero-order chi connectivity index (χ0) is 13.1. The summed E-state index contributed by atoms with van der Waals surface area (Å²) in [5.41, 5.74) is 1.44. The molecule has 100 valence electrons. The zero-order valence-corrected chi connectivity index (χ0v) is 11.2. The van der Waals surface area contributed by atoms with Crippen LogP contribution < -0.4 is 5.32 Å². The molecule has 4 heteroatoms. The Labute approximate surface area is 108 Å². The van der Waals surface area contributed by atoms with Gasteiger partial charge >= 0.3 is 0 Å². The van der Waals surface area contributed by atoms with E-state index in [1.165, 1.54) is 12.0 Å². The van der Waals surface area contributed by atoms with Gasteiger partial charge in [0.25, 0.3) is 0 Å². The number of hydrogen-bond acceptors (Lipinski definition) is 2. The lowest BCUT2D eigenvalue weighted by Crippen LogP contribution is -2.62. The molecule has 0 aromatic carbocycles. The Hall–Kier alpha value is -1.32. The lowest BCUT2D eigenvalue weighted by Gasteiger charge is -2.37. The predicted octanol–water partition coefficient (Wildman–Crippen LogP) is 1.61. The van der Waals surface area contributed by atoms with Gasteiger partial charge in [0.2, 0.25) is 11.8 Å². The largest absolute Gasteiger partial charge is 0.343 e. The van der Waals surface area contributed by atoms with Gasteiger partial charge in [-0.1, -0.05) is 18.6 Å². The van der Waals surface area contributed by atoms with Crippen LogP contribution in [0.5, 0.6) is 0 Å². The highest BCUT2D eigenvalue weighted by molar-refractivity contribution is 5.96. The van der Waals surface area contributed by atoms with Gasteiger partial charge in [0.15, 0.2) is 0 Å². The van der Waals surface area contributed by atoms with Gasteiger partial charge in [-0.15, -0.1) is 0 Å². The third-order valence-corrected chi connectivity index (χ3v) is 3.96. The fourth-order valence-electron chi connectivity index (χ4n) is 2.70. The fourth-order valence-corrected chi connectivity index (χ4v) is 2.70. The van der Waals surface area contributed by atoms with Crippen molar-refractivity contribution in [2.24, 2.45) is 0 Å². The number of nitrogens with one attached hydrogen (secondary N) is 1. The molecule has 1 aliphatic carbocycles. The monoisotopic (exact) mass is 250 g/mol. The van der Waals surface area contributed by atoms with E-state index in [0.717, 1.165) is 19.3 Å². The minimum absolute atomic E-state index is 0.0261. The maximum Gasteiger partial charge on any atom is 0.245 e. The number of rotatable bonds is 4. The lowest BCUT2D eigenvalue weighted by molar-refractivity contribution is -0.148. The quantitative estimate of drug-likeness (QED) is 0.771. The number of hydrogen-bond donors (Lipinski definition) is 1. The summed E-state index contributed by atoms with van der Waals surface area (Å²) < 4.78 is 0. The van der Waals surface area contributed by atoms with E-state index in [2.05, 4.69) is 11.4 Å². The summed E-state index contributed by atoms with van der Waals surface area (Å²) in [5, 5.41) is 2.78. The lowest BCUT2D eigenvalue weighted by atomic mass is 10.0. The minimum atomic E-state index is -0.331. The Kier molecular flexibility index (Phi) is 4.04. The number of carbonyl (C=O) groups excluding carboxylic acids is 2. The molecule has 4 nitrogen and oxygen atoms in total. The number of allylic oxidation sites excluding steroid dienone is 1. The topological polar surface area (TPSA) is 49.4 Å². The van der Waals surface area contributed by atoms with E-state index in [1.807, 2.05) is 13.8 Å². The maximum atomic E-state index is 12.2. The van der Waals surface area contributed by atoms with Gasteiger partial charge in [0.05, 0.1) is 0 Å². The summed E-state index contributed by atoms with van der Waals surface area (Å²) in [4.78, 5) is 25.7. The Morgan fingerprint density at radius 1 is 1.44 bits per heavy atom. The van der Waals surface area contributed by atoms with Gasteiger partial charge in [0, 0.05) is 6.54 Å². The molecule has 0 aromatic heterocycles. The molecule has 0 spiro atoms. The number of amides is 2. The molecule has 0 radical (unpaired) electrons. The molecule has 2 amide bonds. The highest BCUT2D eigenvalue weighted by Gasteiger charge is 2.36. The molecule has 2 atom stereocenters. The molecular weight excluding hydrogens is 228 g/mol. The van der Waals surface area contributed by atoms with Crippen LogP contribution in [0.1, 0.15) is 46.0 Å². The molecule has 2 aliphatic rings. The number of carbonyl (C=O) groups is 2. The molecule has 2 unspecified atom stereocenters. The summed E-state index contributed by atoms with van der Waals surface area (Å²) in [7, 11) is 0. The van der Waals surface area contributed by atoms with E-state index in [0.29, 0.717) is 13.0 Å². The van der Waals surface area contributed by atoms with Gasteiger partial charge in [0.1, 0.15) is 12.1 Å². The van der Waals surface area contributed by atoms with Crippen LogP contribution in [0.2, 0.25) is 0 Å². The van der Waals surface area contributed by atoms with Crippen LogP contribution in [-0.2, 0) is 9.59 Å². The number of nitrogens with zero attached hydrogens (tertiary/aromatic N) is 1. The molecule has 1 N–H and O–H groups in total. The van der Waals surface area contributed by atoms with E-state index < -0.39 is 0 Å². The van der Waals surface area contributed by atoms with Crippen LogP contribution in [-0.4, -0.2) is 35.3 Å². The fraction of sp³-hybridized carbons (Fsp3) is 0.714. The predicted molar refractivity (Wildman–Crippen MR) is 69.9 cm³/mol. The minimum Gasteiger partial charge on any atom is -0.343 e. The zero-order valence-electron chi connectivity index (χ0n) is 11.2. The van der Waals surface area contributed by atoms with Crippen molar-refractivity contribution in [3.63, 3.8) is 0 Å². The van der Waals surface area contributed by atoms with Crippen molar-refractivity contribution in [1.82, 2.24) is 10.2 Å². The summed E-state index contributed by atoms with van der Waals surface area (Å²) in [6, 6.07) is -0.659. The van der Waals surface area contributed by atoms with E-state index in [9.17, 15) is 9.59 Å². The third kappa shape index (κ3) is 2.57. The first-order valence-corrected chi connectivity index (χ1v) is 6.92. The van der Waals surface area contributed by atoms with E-state index in [-0.39, 0.29) is 23.9 Å². The van der Waals surface area contributed by atoms with E-state index in [1.54, 1.807) is 4.90 Å². The second kappa shape index (κ2) is 5.55. The van der Waals surface area contributed by atoms with E-state index in [4.69, 9.17) is 0 Å². The van der Waals surface area contributed by atoms with Gasteiger partial charge in [-0.25, -0.2) is 0 Å². The first-order valence-electron chi connectivity index (χ1n) is 6.92. The van der Waals surface area contributed by atoms with Crippen molar-refractivity contribution in [3.05, 3.63) is 11.6 Å². The molecule has 0 aromatic rings. The SMILES string of the molecule is CCC1NC(=O)C(C)N(CCC2=CCCC2)C1=O. The standard InChI is InChI=1S/C14H22N2O2/c1-3-12-14(18)16(10(2)13(17)15-12)9-8-11-6-4-5-7-11/h6,10,12H,3-5,7-9H2,1-2H3,(H,15,17). The van der Waals surface area contributed by atoms with Crippen molar-refractivity contribution >= 4 is 11.8 Å². The molecule has 1 aliphatic heterocycles. The van der Waals surface area contributed by atoms with Crippen LogP contribution in [0.3, 0.4) is 0 Å². The Bertz CT molecular complexity index is 376. The van der Waals surface area contributed by atoms with Gasteiger partial charge in [-0.2, -0.15) is 0 Å². The van der Waals surface area contributed by atoms with Crippen LogP contribution in [0.4, 0.5) is 0 Å². The first kappa shape index (κ1) is 13.1. The van der Waals surface area contributed by atoms with Gasteiger partial charge in [-0.3, -0.25) is 9.59 Å². The summed E-state index contributed by atoms with van der Waals surface area (Å²) in [6.45, 7) is 4.41. The summed E-state index contributed by atoms with van der Waals surface area (Å²) in [6.07, 6.45) is 7.40. The Morgan fingerprint density at radius 2 is 2.22 bits per heavy atom. The second-order valence-corrected chi connectivity index (χ2v) is 5.18. The second-order valence-electron chi connectivity index (χ2n) is 5.18. The molecule has 0 bridgehead atoms. The molecule has 1 saturated heterocycles. The average molecular weight is 250 g/mol. The van der Waals surface area contributed by atoms with Crippen molar-refractivity contribution in [3.8, 4) is 0 Å². The number of piperazine rings is 1. The third-order valence-electron chi connectivity index (χ3n) is 3.96. The van der Waals surface area contributed by atoms with Crippen LogP contribution in [0.15, 0.2) is 11.6 Å². The molecular formula is C14H22N2O2. The van der Waals surface area contributed by atoms with E-state index >= 15 is 0 Å². The van der Waals surface area contributed by atoms with Crippen LogP contribution in [0, 0.1) is 0 Å². The molecule has 18 heavy (non-hydrogen) atoms. The summed E-state index contributed by atoms with van der Waals surface area (Å²) in [5.74, 6) is 0.0463. The van der Waals surface area contributed by atoms with Gasteiger partial charge in [-0.05, 0) is 39.0 Å². The summed E-state index contributed by atoms with van der Waals surface area (Å²) >= 11 is 0. The molecule has 2 rings (SSSR count). The van der Waals surface area contributed by atoms with Crippen molar-refractivity contribution in [1.29, 1.82) is 0 Å². The smallest absolute Gasteiger partial charge is 0.245 e. The Balaban J connectivity index is 1.98.